The smallest absolute Gasteiger partial charge is 0.243 e. The van der Waals surface area contributed by atoms with E-state index in [-0.39, 0.29) is 22.7 Å². The average molecular weight is 475 g/mol. The molecule has 1 N–H and O–H groups in total. The predicted octanol–water partition coefficient (Wildman–Crippen LogP) is 3.15. The van der Waals surface area contributed by atoms with E-state index in [0.717, 1.165) is 51.1 Å². The normalized spacial score (nSPS) is 19.3. The number of anilines is 2. The summed E-state index contributed by atoms with van der Waals surface area (Å²) in [5.41, 5.74) is 1.56. The number of nitrogens with one attached hydrogen (secondary N) is 1. The Hall–Kier alpha value is -2.49. The minimum atomic E-state index is -3.48. The number of amides is 1. The zero-order valence-electron chi connectivity index (χ0n) is 18.9. The zero-order valence-corrected chi connectivity index (χ0v) is 19.7. The summed E-state index contributed by atoms with van der Waals surface area (Å²) < 4.78 is 40.3. The van der Waals surface area contributed by atoms with Crippen molar-refractivity contribution in [1.29, 1.82) is 0 Å². The summed E-state index contributed by atoms with van der Waals surface area (Å²) in [5.74, 6) is -0.378. The van der Waals surface area contributed by atoms with Gasteiger partial charge in [-0.2, -0.15) is 4.31 Å². The molecule has 33 heavy (non-hydrogen) atoms. The molecule has 0 aliphatic carbocycles. The Morgan fingerprint density at radius 1 is 0.879 bits per heavy atom. The predicted molar refractivity (Wildman–Crippen MR) is 127 cm³/mol. The number of nitrogens with zero attached hydrogens (tertiary/aromatic N) is 3. The Balaban J connectivity index is 1.31. The molecule has 2 aliphatic rings. The van der Waals surface area contributed by atoms with Crippen molar-refractivity contribution >= 4 is 27.3 Å². The Labute approximate surface area is 195 Å². The molecule has 7 nitrogen and oxygen atoms in total. The lowest BCUT2D eigenvalue weighted by Gasteiger charge is -2.38. The molecule has 2 aliphatic heterocycles. The molecule has 0 aromatic heterocycles. The summed E-state index contributed by atoms with van der Waals surface area (Å²) in [6, 6.07) is 12.6. The minimum absolute atomic E-state index is 0.128. The van der Waals surface area contributed by atoms with E-state index in [4.69, 9.17) is 0 Å². The molecular formula is C24H31FN4O3S. The van der Waals surface area contributed by atoms with Crippen LogP contribution in [0.25, 0.3) is 0 Å². The molecule has 2 aromatic rings. The lowest BCUT2D eigenvalue weighted by molar-refractivity contribution is -0.120. The van der Waals surface area contributed by atoms with Crippen molar-refractivity contribution in [3.05, 3.63) is 54.3 Å². The van der Waals surface area contributed by atoms with Gasteiger partial charge < -0.3 is 10.2 Å². The van der Waals surface area contributed by atoms with E-state index >= 15 is 0 Å². The van der Waals surface area contributed by atoms with Crippen molar-refractivity contribution in [1.82, 2.24) is 9.21 Å². The number of hydrogen-bond donors (Lipinski definition) is 1. The molecule has 2 saturated heterocycles. The molecule has 2 heterocycles. The van der Waals surface area contributed by atoms with Crippen LogP contribution in [-0.4, -0.2) is 68.8 Å². The van der Waals surface area contributed by atoms with Crippen LogP contribution in [0.4, 0.5) is 15.8 Å². The highest BCUT2D eigenvalue weighted by molar-refractivity contribution is 7.89. The fourth-order valence-electron chi connectivity index (χ4n) is 4.40. The molecule has 4 rings (SSSR count). The molecular weight excluding hydrogens is 443 g/mol. The van der Waals surface area contributed by atoms with E-state index in [1.54, 1.807) is 36.4 Å². The van der Waals surface area contributed by atoms with Crippen LogP contribution in [0.15, 0.2) is 53.4 Å². The van der Waals surface area contributed by atoms with Crippen molar-refractivity contribution in [2.45, 2.75) is 37.1 Å². The van der Waals surface area contributed by atoms with E-state index in [0.29, 0.717) is 18.8 Å². The lowest BCUT2D eigenvalue weighted by Crippen LogP contribution is -2.52. The third kappa shape index (κ3) is 5.54. The highest BCUT2D eigenvalue weighted by Crippen LogP contribution is 2.23. The summed E-state index contributed by atoms with van der Waals surface area (Å²) in [6.07, 6.45) is 2.85. The number of piperidine rings is 1. The fourth-order valence-corrected chi connectivity index (χ4v) is 5.91. The summed E-state index contributed by atoms with van der Waals surface area (Å²) in [5, 5.41) is 2.90. The number of halogens is 1. The molecule has 0 radical (unpaired) electrons. The van der Waals surface area contributed by atoms with Gasteiger partial charge in [-0.25, -0.2) is 12.8 Å². The Bertz CT molecular complexity index is 1050. The van der Waals surface area contributed by atoms with Crippen LogP contribution in [-0.2, 0) is 14.8 Å². The molecule has 1 unspecified atom stereocenters. The first-order valence-electron chi connectivity index (χ1n) is 11.5. The van der Waals surface area contributed by atoms with Crippen molar-refractivity contribution in [3.63, 3.8) is 0 Å². The first-order chi connectivity index (χ1) is 15.8. The molecule has 2 fully saturated rings. The van der Waals surface area contributed by atoms with Gasteiger partial charge in [0.25, 0.3) is 0 Å². The fraction of sp³-hybridized carbons (Fsp3) is 0.458. The summed E-state index contributed by atoms with van der Waals surface area (Å²) in [7, 11) is -3.48. The maximum absolute atomic E-state index is 13.2. The van der Waals surface area contributed by atoms with Gasteiger partial charge in [-0.3, -0.25) is 9.69 Å². The second kappa shape index (κ2) is 10.2. The second-order valence-corrected chi connectivity index (χ2v) is 10.6. The number of carbonyl (C=O) groups excluding carboxylic acids is 1. The van der Waals surface area contributed by atoms with Gasteiger partial charge in [-0.1, -0.05) is 6.42 Å². The van der Waals surface area contributed by atoms with Gasteiger partial charge in [0.2, 0.25) is 15.9 Å². The first kappa shape index (κ1) is 23.7. The highest BCUT2D eigenvalue weighted by atomic mass is 32.2. The molecule has 178 valence electrons. The van der Waals surface area contributed by atoms with Gasteiger partial charge >= 0.3 is 0 Å². The van der Waals surface area contributed by atoms with Gasteiger partial charge in [-0.15, -0.1) is 0 Å². The number of benzene rings is 2. The van der Waals surface area contributed by atoms with Crippen LogP contribution in [0, 0.1) is 5.82 Å². The number of sulfonamides is 1. The van der Waals surface area contributed by atoms with Crippen LogP contribution >= 0.6 is 0 Å². The van der Waals surface area contributed by atoms with Gasteiger partial charge in [0.15, 0.2) is 0 Å². The van der Waals surface area contributed by atoms with E-state index in [1.807, 2.05) is 6.92 Å². The number of rotatable bonds is 6. The number of carbonyl (C=O) groups is 1. The van der Waals surface area contributed by atoms with Gasteiger partial charge in [0, 0.05) is 50.6 Å². The van der Waals surface area contributed by atoms with Crippen LogP contribution in [0.5, 0.6) is 0 Å². The number of hydrogen-bond acceptors (Lipinski definition) is 5. The maximum Gasteiger partial charge on any atom is 0.243 e. The zero-order chi connectivity index (χ0) is 23.4. The SMILES string of the molecule is CC(C(=O)Nc1ccc(S(=O)(=O)N2CCCCC2)cc1)N1CCN(c2ccc(F)cc2)CC1. The quantitative estimate of drug-likeness (QED) is 0.696. The molecule has 0 saturated carbocycles. The molecule has 2 aromatic carbocycles. The Morgan fingerprint density at radius 2 is 1.48 bits per heavy atom. The summed E-state index contributed by atoms with van der Waals surface area (Å²) in [6.45, 7) is 5.95. The van der Waals surface area contributed by atoms with Gasteiger partial charge in [0.1, 0.15) is 5.82 Å². The summed E-state index contributed by atoms with van der Waals surface area (Å²) in [4.78, 5) is 17.4. The van der Waals surface area contributed by atoms with Gasteiger partial charge in [-0.05, 0) is 68.3 Å². The van der Waals surface area contributed by atoms with E-state index in [9.17, 15) is 17.6 Å². The third-order valence-corrected chi connectivity index (χ3v) is 8.42. The molecule has 0 bridgehead atoms. The Kier molecular flexibility index (Phi) is 7.31. The van der Waals surface area contributed by atoms with Crippen LogP contribution in [0.3, 0.4) is 0 Å². The number of piperazine rings is 1. The molecule has 1 amide bonds. The molecule has 1 atom stereocenters. The van der Waals surface area contributed by atoms with Crippen LogP contribution in [0.2, 0.25) is 0 Å². The largest absolute Gasteiger partial charge is 0.369 e. The monoisotopic (exact) mass is 474 g/mol. The standard InChI is InChI=1S/C24H31FN4O3S/c1-19(27-15-17-28(18-16-27)22-9-5-20(25)6-10-22)24(30)26-21-7-11-23(12-8-21)33(31,32)29-13-3-2-4-14-29/h5-12,19H,2-4,13-18H2,1H3,(H,26,30). The molecule has 0 spiro atoms. The van der Waals surface area contributed by atoms with E-state index < -0.39 is 10.0 Å². The summed E-state index contributed by atoms with van der Waals surface area (Å²) >= 11 is 0. The van der Waals surface area contributed by atoms with Gasteiger partial charge in [0.05, 0.1) is 10.9 Å². The van der Waals surface area contributed by atoms with E-state index in [2.05, 4.69) is 15.1 Å². The molecule has 9 heteroatoms. The first-order valence-corrected chi connectivity index (χ1v) is 12.9. The lowest BCUT2D eigenvalue weighted by atomic mass is 10.2. The van der Waals surface area contributed by atoms with E-state index in [1.165, 1.54) is 16.4 Å². The van der Waals surface area contributed by atoms with Crippen molar-refractivity contribution in [2.75, 3.05) is 49.5 Å². The maximum atomic E-state index is 13.2. The third-order valence-electron chi connectivity index (χ3n) is 6.51. The highest BCUT2D eigenvalue weighted by Gasteiger charge is 2.27. The minimum Gasteiger partial charge on any atom is -0.369 e. The van der Waals surface area contributed by atoms with Crippen molar-refractivity contribution < 1.29 is 17.6 Å². The second-order valence-electron chi connectivity index (χ2n) is 8.65. The Morgan fingerprint density at radius 3 is 2.09 bits per heavy atom. The topological polar surface area (TPSA) is 73.0 Å². The van der Waals surface area contributed by atoms with Crippen molar-refractivity contribution in [3.8, 4) is 0 Å². The van der Waals surface area contributed by atoms with Crippen LogP contribution < -0.4 is 10.2 Å². The van der Waals surface area contributed by atoms with Crippen LogP contribution in [0.1, 0.15) is 26.2 Å². The van der Waals surface area contributed by atoms with Crippen molar-refractivity contribution in [2.24, 2.45) is 0 Å². The average Bonchev–Trinajstić information content (AvgIpc) is 2.85.